The third kappa shape index (κ3) is 3.22. The Labute approximate surface area is 111 Å². The maximum atomic E-state index is 3.32. The summed E-state index contributed by atoms with van der Waals surface area (Å²) in [5.41, 5.74) is 5.11. The number of rotatable bonds is 5. The fourth-order valence-electron chi connectivity index (χ4n) is 2.23. The quantitative estimate of drug-likeness (QED) is 0.695. The first-order chi connectivity index (χ1) is 8.83. The molecule has 18 heavy (non-hydrogen) atoms. The summed E-state index contributed by atoms with van der Waals surface area (Å²) in [5.74, 6) is 0. The molecule has 0 fully saturated rings. The first-order valence-corrected chi connectivity index (χ1v) is 6.85. The molecule has 0 aliphatic rings. The van der Waals surface area contributed by atoms with E-state index >= 15 is 0 Å². The predicted octanol–water partition coefficient (Wildman–Crippen LogP) is 4.86. The zero-order valence-corrected chi connectivity index (χ0v) is 11.3. The summed E-state index contributed by atoms with van der Waals surface area (Å²) < 4.78 is 0. The van der Waals surface area contributed by atoms with Crippen molar-refractivity contribution in [3.63, 3.8) is 0 Å². The van der Waals surface area contributed by atoms with Crippen LogP contribution in [0.4, 0.5) is 0 Å². The molecule has 0 aliphatic heterocycles. The molecule has 0 unspecified atom stereocenters. The van der Waals surface area contributed by atoms with Gasteiger partial charge >= 0.3 is 0 Å². The summed E-state index contributed by atoms with van der Waals surface area (Å²) >= 11 is 0. The van der Waals surface area contributed by atoms with Crippen molar-refractivity contribution in [1.82, 2.24) is 0 Å². The van der Waals surface area contributed by atoms with Gasteiger partial charge in [-0.2, -0.15) is 0 Å². The van der Waals surface area contributed by atoms with Crippen molar-refractivity contribution in [3.05, 3.63) is 59.7 Å². The smallest absolute Gasteiger partial charge is 0.00961 e. The van der Waals surface area contributed by atoms with Crippen molar-refractivity contribution in [2.45, 2.75) is 39.5 Å². The lowest BCUT2D eigenvalue weighted by Gasteiger charge is -2.06. The van der Waals surface area contributed by atoms with Gasteiger partial charge in [0.2, 0.25) is 0 Å². The van der Waals surface area contributed by atoms with Crippen LogP contribution in [0.15, 0.2) is 36.4 Å². The molecular formula is C18H20. The van der Waals surface area contributed by atoms with Crippen LogP contribution in [0, 0.1) is 12.1 Å². The van der Waals surface area contributed by atoms with Gasteiger partial charge < -0.3 is 0 Å². The van der Waals surface area contributed by atoms with Crippen molar-refractivity contribution < 1.29 is 0 Å². The lowest BCUT2D eigenvalue weighted by atomic mass is 9.98. The van der Waals surface area contributed by atoms with Gasteiger partial charge in [0.1, 0.15) is 0 Å². The highest BCUT2D eigenvalue weighted by Crippen LogP contribution is 2.21. The van der Waals surface area contributed by atoms with Crippen LogP contribution in [0.3, 0.4) is 0 Å². The van der Waals surface area contributed by atoms with E-state index in [4.69, 9.17) is 0 Å². The second kappa shape index (κ2) is 6.39. The molecule has 0 bridgehead atoms. The largest absolute Gasteiger partial charge is 0.0651 e. The van der Waals surface area contributed by atoms with Crippen LogP contribution in [0.25, 0.3) is 11.1 Å². The first-order valence-electron chi connectivity index (χ1n) is 6.85. The van der Waals surface area contributed by atoms with E-state index in [-0.39, 0.29) is 0 Å². The van der Waals surface area contributed by atoms with Crippen LogP contribution < -0.4 is 0 Å². The summed E-state index contributed by atoms with van der Waals surface area (Å²) in [6, 6.07) is 19.5. The van der Waals surface area contributed by atoms with E-state index in [1.165, 1.54) is 35.1 Å². The van der Waals surface area contributed by atoms with Crippen molar-refractivity contribution in [1.29, 1.82) is 0 Å². The summed E-state index contributed by atoms with van der Waals surface area (Å²) in [6.07, 6.45) is 4.64. The van der Waals surface area contributed by atoms with E-state index in [1.54, 1.807) is 0 Å². The van der Waals surface area contributed by atoms with E-state index in [9.17, 15) is 0 Å². The zero-order valence-electron chi connectivity index (χ0n) is 11.3. The van der Waals surface area contributed by atoms with Crippen molar-refractivity contribution in [2.75, 3.05) is 0 Å². The SMILES string of the molecule is CCCc1cc[c]c(-c2[c]ccc(CCC)c2)c1. The Morgan fingerprint density at radius 1 is 0.778 bits per heavy atom. The molecule has 0 aromatic heterocycles. The van der Waals surface area contributed by atoms with Gasteiger partial charge in [-0.15, -0.1) is 0 Å². The molecule has 0 heterocycles. The Hall–Kier alpha value is -1.56. The fourth-order valence-corrected chi connectivity index (χ4v) is 2.23. The minimum Gasteiger partial charge on any atom is -0.0651 e. The third-order valence-electron chi connectivity index (χ3n) is 3.10. The molecule has 0 nitrogen and oxygen atoms in total. The normalized spacial score (nSPS) is 10.6. The van der Waals surface area contributed by atoms with Crippen LogP contribution in [-0.4, -0.2) is 0 Å². The van der Waals surface area contributed by atoms with Gasteiger partial charge in [-0.3, -0.25) is 0 Å². The number of hydrogen-bond donors (Lipinski definition) is 0. The molecule has 0 amide bonds. The molecule has 0 N–H and O–H groups in total. The van der Waals surface area contributed by atoms with Crippen molar-refractivity contribution >= 4 is 0 Å². The average Bonchev–Trinajstić information content (AvgIpc) is 2.40. The fraction of sp³-hybridized carbons (Fsp3) is 0.333. The predicted molar refractivity (Wildman–Crippen MR) is 77.5 cm³/mol. The second-order valence-electron chi connectivity index (χ2n) is 4.72. The molecule has 2 radical (unpaired) electrons. The summed E-state index contributed by atoms with van der Waals surface area (Å²) in [7, 11) is 0. The molecule has 92 valence electrons. The standard InChI is InChI=1S/C18H20/c1-3-7-15-9-5-11-17(13-15)18-12-6-10-16(14-18)8-4-2/h5-6,9-10,13-14H,3-4,7-8H2,1-2H3. The summed E-state index contributed by atoms with van der Waals surface area (Å²) in [6.45, 7) is 4.43. The lowest BCUT2D eigenvalue weighted by molar-refractivity contribution is 0.920. The Balaban J connectivity index is 2.29. The molecule has 0 heteroatoms. The monoisotopic (exact) mass is 236 g/mol. The molecule has 0 saturated carbocycles. The molecular weight excluding hydrogens is 216 g/mol. The van der Waals surface area contributed by atoms with E-state index in [0.29, 0.717) is 0 Å². The van der Waals surface area contributed by atoms with Gasteiger partial charge in [0.25, 0.3) is 0 Å². The van der Waals surface area contributed by atoms with Gasteiger partial charge in [-0.1, -0.05) is 63.1 Å². The van der Waals surface area contributed by atoms with Gasteiger partial charge in [-0.05, 0) is 47.2 Å². The highest BCUT2D eigenvalue weighted by molar-refractivity contribution is 5.63. The summed E-state index contributed by atoms with van der Waals surface area (Å²) in [4.78, 5) is 0. The highest BCUT2D eigenvalue weighted by Gasteiger charge is 2.01. The zero-order chi connectivity index (χ0) is 12.8. The molecule has 0 atom stereocenters. The molecule has 0 saturated heterocycles. The molecule has 0 aliphatic carbocycles. The van der Waals surface area contributed by atoms with Crippen LogP contribution in [0.2, 0.25) is 0 Å². The maximum absolute atomic E-state index is 3.32. The van der Waals surface area contributed by atoms with Crippen LogP contribution >= 0.6 is 0 Å². The Kier molecular flexibility index (Phi) is 4.58. The number of hydrogen-bond acceptors (Lipinski definition) is 0. The van der Waals surface area contributed by atoms with E-state index in [0.717, 1.165) is 12.8 Å². The van der Waals surface area contributed by atoms with Gasteiger partial charge in [0.05, 0.1) is 0 Å². The third-order valence-corrected chi connectivity index (χ3v) is 3.10. The summed E-state index contributed by atoms with van der Waals surface area (Å²) in [5, 5.41) is 0. The first kappa shape index (κ1) is 12.9. The van der Waals surface area contributed by atoms with E-state index in [2.05, 4.69) is 50.2 Å². The van der Waals surface area contributed by atoms with Crippen LogP contribution in [-0.2, 0) is 12.8 Å². The van der Waals surface area contributed by atoms with Gasteiger partial charge in [0.15, 0.2) is 0 Å². The Morgan fingerprint density at radius 3 is 1.61 bits per heavy atom. The maximum Gasteiger partial charge on any atom is -0.00961 e. The minimum absolute atomic E-state index is 1.14. The number of benzene rings is 2. The lowest BCUT2D eigenvalue weighted by Crippen LogP contribution is -1.88. The molecule has 2 rings (SSSR count). The number of aryl methyl sites for hydroxylation is 2. The van der Waals surface area contributed by atoms with Crippen LogP contribution in [0.5, 0.6) is 0 Å². The van der Waals surface area contributed by atoms with E-state index < -0.39 is 0 Å². The highest BCUT2D eigenvalue weighted by atomic mass is 14.1. The van der Waals surface area contributed by atoms with Gasteiger partial charge in [-0.25, -0.2) is 0 Å². The second-order valence-corrected chi connectivity index (χ2v) is 4.72. The molecule has 0 spiro atoms. The van der Waals surface area contributed by atoms with Crippen molar-refractivity contribution in [2.24, 2.45) is 0 Å². The van der Waals surface area contributed by atoms with Gasteiger partial charge in [0, 0.05) is 0 Å². The molecule has 2 aromatic carbocycles. The minimum atomic E-state index is 1.14. The Morgan fingerprint density at radius 2 is 1.22 bits per heavy atom. The van der Waals surface area contributed by atoms with E-state index in [1.807, 2.05) is 12.1 Å². The molecule has 2 aromatic rings. The van der Waals surface area contributed by atoms with Crippen LogP contribution in [0.1, 0.15) is 37.8 Å². The average molecular weight is 236 g/mol. The Bertz CT molecular complexity index is 449. The van der Waals surface area contributed by atoms with Crippen molar-refractivity contribution in [3.8, 4) is 11.1 Å². The topological polar surface area (TPSA) is 0 Å².